The molecule has 1 fully saturated rings. The minimum atomic E-state index is -0.292. The number of nitrogens with one attached hydrogen (secondary N) is 1. The summed E-state index contributed by atoms with van der Waals surface area (Å²) >= 11 is 1.44. The predicted octanol–water partition coefficient (Wildman–Crippen LogP) is 1.01. The molecule has 8 nitrogen and oxygen atoms in total. The Morgan fingerprint density at radius 1 is 1.38 bits per heavy atom. The van der Waals surface area contributed by atoms with Crippen molar-refractivity contribution < 1.29 is 14.3 Å². The lowest BCUT2D eigenvalue weighted by Gasteiger charge is -2.33. The van der Waals surface area contributed by atoms with Gasteiger partial charge in [-0.1, -0.05) is 11.8 Å². The van der Waals surface area contributed by atoms with E-state index in [2.05, 4.69) is 10.3 Å². The fourth-order valence-corrected chi connectivity index (χ4v) is 4.25. The van der Waals surface area contributed by atoms with Gasteiger partial charge in [0.25, 0.3) is 5.56 Å². The Morgan fingerprint density at radius 3 is 2.81 bits per heavy atom. The molecule has 0 spiro atoms. The molecule has 1 aromatic heterocycles. The van der Waals surface area contributed by atoms with Gasteiger partial charge in [0.2, 0.25) is 5.91 Å². The van der Waals surface area contributed by atoms with Crippen LogP contribution in [0.15, 0.2) is 16.1 Å². The molecule has 9 heteroatoms. The van der Waals surface area contributed by atoms with Crippen molar-refractivity contribution in [3.63, 3.8) is 0 Å². The first-order valence-electron chi connectivity index (χ1n) is 8.91. The van der Waals surface area contributed by atoms with E-state index in [9.17, 15) is 14.4 Å². The summed E-state index contributed by atoms with van der Waals surface area (Å²) in [5.74, 6) is 0.325. The zero-order valence-corrected chi connectivity index (χ0v) is 15.9. The van der Waals surface area contributed by atoms with Gasteiger partial charge >= 0.3 is 6.09 Å². The number of aryl methyl sites for hydroxylation is 1. The highest BCUT2D eigenvalue weighted by molar-refractivity contribution is 7.99. The molecule has 3 rings (SSSR count). The monoisotopic (exact) mass is 380 g/mol. The number of nitrogens with zero attached hydrogens (tertiary/aromatic N) is 3. The fourth-order valence-electron chi connectivity index (χ4n) is 3.20. The third-order valence-corrected chi connectivity index (χ3v) is 5.89. The van der Waals surface area contributed by atoms with E-state index in [1.54, 1.807) is 29.5 Å². The molecule has 1 N–H and O–H groups in total. The maximum absolute atomic E-state index is 12.6. The van der Waals surface area contributed by atoms with Crippen LogP contribution in [0.1, 0.15) is 25.3 Å². The number of thioether (sulfide) groups is 1. The van der Waals surface area contributed by atoms with Gasteiger partial charge in [-0.05, 0) is 26.7 Å². The Kier molecular flexibility index (Phi) is 5.85. The molecule has 1 saturated heterocycles. The van der Waals surface area contributed by atoms with Crippen LogP contribution in [-0.2, 0) is 16.1 Å². The Morgan fingerprint density at radius 2 is 2.12 bits per heavy atom. The molecule has 1 aromatic rings. The number of rotatable bonds is 3. The lowest BCUT2D eigenvalue weighted by Crippen LogP contribution is -2.49. The van der Waals surface area contributed by atoms with Gasteiger partial charge in [0.15, 0.2) is 5.16 Å². The summed E-state index contributed by atoms with van der Waals surface area (Å²) in [6.07, 6.45) is 2.71. The van der Waals surface area contributed by atoms with Crippen LogP contribution in [0.3, 0.4) is 0 Å². The number of likely N-dealkylation sites (tertiary alicyclic amines) is 1. The number of aromatic nitrogens is 2. The molecule has 1 atom stereocenters. The number of carbonyl (C=O) groups is 2. The Bertz CT molecular complexity index is 743. The molecule has 0 saturated carbocycles. The van der Waals surface area contributed by atoms with E-state index in [0.29, 0.717) is 55.6 Å². The van der Waals surface area contributed by atoms with Crippen LogP contribution >= 0.6 is 11.8 Å². The van der Waals surface area contributed by atoms with E-state index in [1.807, 2.05) is 0 Å². The molecule has 0 radical (unpaired) electrons. The van der Waals surface area contributed by atoms with Gasteiger partial charge in [0, 0.05) is 43.2 Å². The highest BCUT2D eigenvalue weighted by atomic mass is 32.2. The first-order valence-corrected chi connectivity index (χ1v) is 9.89. The van der Waals surface area contributed by atoms with E-state index in [1.165, 1.54) is 11.8 Å². The summed E-state index contributed by atoms with van der Waals surface area (Å²) < 4.78 is 6.60. The molecule has 2 aliphatic heterocycles. The number of piperidine rings is 1. The van der Waals surface area contributed by atoms with Crippen molar-refractivity contribution in [1.29, 1.82) is 0 Å². The largest absolute Gasteiger partial charge is 0.450 e. The van der Waals surface area contributed by atoms with E-state index in [4.69, 9.17) is 4.74 Å². The van der Waals surface area contributed by atoms with Crippen molar-refractivity contribution in [1.82, 2.24) is 19.8 Å². The number of hydrogen-bond donors (Lipinski definition) is 1. The molecule has 2 amide bonds. The number of amides is 2. The van der Waals surface area contributed by atoms with Crippen LogP contribution in [0, 0.1) is 12.8 Å². The lowest BCUT2D eigenvalue weighted by atomic mass is 10.0. The molecule has 0 aliphatic carbocycles. The summed E-state index contributed by atoms with van der Waals surface area (Å²) in [4.78, 5) is 42.6. The van der Waals surface area contributed by atoms with E-state index in [0.717, 1.165) is 0 Å². The molecular weight excluding hydrogens is 356 g/mol. The average Bonchev–Trinajstić information content (AvgIpc) is 2.65. The van der Waals surface area contributed by atoms with Crippen molar-refractivity contribution in [2.24, 2.45) is 5.92 Å². The van der Waals surface area contributed by atoms with Crippen LogP contribution in [0.5, 0.6) is 0 Å². The third-order valence-electron chi connectivity index (χ3n) is 4.74. The van der Waals surface area contributed by atoms with Gasteiger partial charge in [-0.25, -0.2) is 9.78 Å². The molecule has 1 unspecified atom stereocenters. The quantitative estimate of drug-likeness (QED) is 0.787. The normalized spacial score (nSPS) is 20.4. The van der Waals surface area contributed by atoms with Crippen molar-refractivity contribution >= 4 is 23.8 Å². The van der Waals surface area contributed by atoms with Crippen molar-refractivity contribution in [3.8, 4) is 0 Å². The van der Waals surface area contributed by atoms with E-state index in [-0.39, 0.29) is 29.5 Å². The van der Waals surface area contributed by atoms with Gasteiger partial charge in [0.1, 0.15) is 0 Å². The van der Waals surface area contributed by atoms with E-state index < -0.39 is 0 Å². The van der Waals surface area contributed by atoms with Gasteiger partial charge in [-0.2, -0.15) is 0 Å². The molecule has 26 heavy (non-hydrogen) atoms. The van der Waals surface area contributed by atoms with E-state index >= 15 is 0 Å². The Balaban J connectivity index is 1.54. The van der Waals surface area contributed by atoms with Crippen molar-refractivity contribution in [2.45, 2.75) is 44.4 Å². The van der Waals surface area contributed by atoms with Gasteiger partial charge in [-0.15, -0.1) is 0 Å². The summed E-state index contributed by atoms with van der Waals surface area (Å²) in [7, 11) is 0. The van der Waals surface area contributed by atoms with Gasteiger partial charge in [0.05, 0.1) is 12.5 Å². The summed E-state index contributed by atoms with van der Waals surface area (Å²) in [6.45, 7) is 5.40. The highest BCUT2D eigenvalue weighted by Crippen LogP contribution is 2.25. The number of carbonyl (C=O) groups excluding carboxylic acids is 2. The highest BCUT2D eigenvalue weighted by Gasteiger charge is 2.30. The maximum Gasteiger partial charge on any atom is 0.409 e. The molecule has 2 aliphatic rings. The average molecular weight is 380 g/mol. The van der Waals surface area contributed by atoms with Crippen LogP contribution in [0.25, 0.3) is 0 Å². The first-order chi connectivity index (χ1) is 12.5. The van der Waals surface area contributed by atoms with Crippen LogP contribution in [0.2, 0.25) is 0 Å². The summed E-state index contributed by atoms with van der Waals surface area (Å²) in [5.41, 5.74) is 0.504. The SMILES string of the molecule is CCOC(=O)N1CCC(NC(=O)C2CSc3ncc(C)c(=O)n3C2)CC1. The molecule has 3 heterocycles. The summed E-state index contributed by atoms with van der Waals surface area (Å²) in [6, 6.07) is 0.0481. The minimum absolute atomic E-state index is 0.0360. The second-order valence-electron chi connectivity index (χ2n) is 6.62. The topological polar surface area (TPSA) is 93.5 Å². The Labute approximate surface area is 156 Å². The predicted molar refractivity (Wildman–Crippen MR) is 97.2 cm³/mol. The van der Waals surface area contributed by atoms with Crippen LogP contribution in [-0.4, -0.2) is 57.9 Å². The number of fused-ring (bicyclic) bond motifs is 1. The smallest absolute Gasteiger partial charge is 0.409 e. The lowest BCUT2D eigenvalue weighted by molar-refractivity contribution is -0.125. The van der Waals surface area contributed by atoms with Crippen LogP contribution in [0.4, 0.5) is 4.79 Å². The first kappa shape index (κ1) is 18.8. The van der Waals surface area contributed by atoms with Crippen LogP contribution < -0.4 is 10.9 Å². The van der Waals surface area contributed by atoms with Gasteiger partial charge < -0.3 is 15.0 Å². The van der Waals surface area contributed by atoms with Crippen molar-refractivity contribution in [2.75, 3.05) is 25.4 Å². The molecule has 0 bridgehead atoms. The molecule has 142 valence electrons. The zero-order chi connectivity index (χ0) is 18.7. The maximum atomic E-state index is 12.6. The second kappa shape index (κ2) is 8.11. The number of hydrogen-bond acceptors (Lipinski definition) is 6. The third kappa shape index (κ3) is 4.03. The fraction of sp³-hybridized carbons (Fsp3) is 0.647. The molecular formula is C17H24N4O4S. The van der Waals surface area contributed by atoms with Crippen molar-refractivity contribution in [3.05, 3.63) is 22.1 Å². The Hall–Kier alpha value is -2.03. The second-order valence-corrected chi connectivity index (χ2v) is 7.60. The summed E-state index contributed by atoms with van der Waals surface area (Å²) in [5, 5.41) is 3.75. The van der Waals surface area contributed by atoms with Gasteiger partial charge in [-0.3, -0.25) is 14.2 Å². The standard InChI is InChI=1S/C17H24N4O4S/c1-3-25-17(24)20-6-4-13(5-7-20)19-14(22)12-9-21-15(23)11(2)8-18-16(21)26-10-12/h8,12-13H,3-7,9-10H2,1-2H3,(H,19,22). The molecule has 0 aromatic carbocycles. The number of ether oxygens (including phenoxy) is 1. The zero-order valence-electron chi connectivity index (χ0n) is 15.1. The minimum Gasteiger partial charge on any atom is -0.450 e.